The van der Waals surface area contributed by atoms with Crippen LogP contribution in [0, 0.1) is 5.92 Å². The monoisotopic (exact) mass is 401 g/mol. The molecule has 162 valence electrons. The zero-order chi connectivity index (χ0) is 21.8. The van der Waals surface area contributed by atoms with Crippen molar-refractivity contribution in [3.05, 3.63) is 0 Å². The summed E-state index contributed by atoms with van der Waals surface area (Å²) in [6.07, 6.45) is 0.226. The van der Waals surface area contributed by atoms with E-state index in [1.165, 1.54) is 0 Å². The van der Waals surface area contributed by atoms with Crippen molar-refractivity contribution < 1.29 is 33.4 Å². The summed E-state index contributed by atoms with van der Waals surface area (Å²) in [5.41, 5.74) is -1.09. The second-order valence-electron chi connectivity index (χ2n) is 10.0. The number of hydrogen-bond donors (Lipinski definition) is 1. The molecule has 0 radical (unpaired) electrons. The van der Waals surface area contributed by atoms with Gasteiger partial charge in [-0.25, -0.2) is 9.59 Å². The number of esters is 1. The number of likely N-dealkylation sites (N-methyl/N-ethyl adjacent to an activating group) is 1. The van der Waals surface area contributed by atoms with Gasteiger partial charge in [0.2, 0.25) is 0 Å². The predicted molar refractivity (Wildman–Crippen MR) is 105 cm³/mol. The van der Waals surface area contributed by atoms with Gasteiger partial charge in [0.25, 0.3) is 0 Å². The first-order valence-corrected chi connectivity index (χ1v) is 9.84. The Balaban J connectivity index is 2.64. The van der Waals surface area contributed by atoms with Crippen LogP contribution in [0.15, 0.2) is 0 Å². The van der Waals surface area contributed by atoms with Crippen LogP contribution in [0.1, 0.15) is 54.4 Å². The van der Waals surface area contributed by atoms with Crippen LogP contribution in [0.4, 0.5) is 4.79 Å². The number of rotatable bonds is 8. The Hall–Kier alpha value is -1.83. The summed E-state index contributed by atoms with van der Waals surface area (Å²) in [5, 5.41) is 8.92. The van der Waals surface area contributed by atoms with Gasteiger partial charge in [-0.1, -0.05) is 0 Å². The zero-order valence-corrected chi connectivity index (χ0v) is 18.4. The first-order chi connectivity index (χ1) is 12.6. The summed E-state index contributed by atoms with van der Waals surface area (Å²) in [6, 6.07) is 0. The normalized spacial score (nSPS) is 17.5. The Morgan fingerprint density at radius 3 is 2.04 bits per heavy atom. The van der Waals surface area contributed by atoms with Crippen LogP contribution < -0.4 is 0 Å². The molecule has 0 bridgehead atoms. The number of carboxylic acids is 1. The number of amides is 1. The molecule has 1 N–H and O–H groups in total. The molecule has 1 aliphatic rings. The van der Waals surface area contributed by atoms with Gasteiger partial charge in [-0.15, -0.1) is 0 Å². The molecule has 1 fully saturated rings. The average molecular weight is 402 g/mol. The fourth-order valence-corrected chi connectivity index (χ4v) is 3.32. The Morgan fingerprint density at radius 2 is 1.57 bits per heavy atom. The Labute approximate surface area is 168 Å². The molecule has 1 rings (SSSR count). The van der Waals surface area contributed by atoms with Crippen molar-refractivity contribution >= 4 is 18.0 Å². The van der Waals surface area contributed by atoms with E-state index in [9.17, 15) is 14.4 Å². The predicted octanol–water partition coefficient (Wildman–Crippen LogP) is 2.51. The van der Waals surface area contributed by atoms with Gasteiger partial charge >= 0.3 is 18.0 Å². The van der Waals surface area contributed by atoms with Crippen molar-refractivity contribution in [3.8, 4) is 0 Å². The lowest BCUT2D eigenvalue weighted by molar-refractivity contribution is -0.906. The van der Waals surface area contributed by atoms with Crippen molar-refractivity contribution in [3.63, 3.8) is 0 Å². The summed E-state index contributed by atoms with van der Waals surface area (Å²) in [6.45, 7) is 13.6. The van der Waals surface area contributed by atoms with Crippen LogP contribution >= 0.6 is 0 Å². The SMILES string of the molecule is CC(C)(C)OC(=O)C[N+](C)(CCCC(=O)O)CC1CN(C(=O)OC(C)(C)C)C1. The van der Waals surface area contributed by atoms with E-state index in [4.69, 9.17) is 14.6 Å². The fourth-order valence-electron chi connectivity index (χ4n) is 3.32. The highest BCUT2D eigenvalue weighted by Gasteiger charge is 2.39. The second kappa shape index (κ2) is 9.11. The van der Waals surface area contributed by atoms with Crippen LogP contribution in [0.3, 0.4) is 0 Å². The Kier molecular flexibility index (Phi) is 7.88. The maximum Gasteiger partial charge on any atom is 0.410 e. The third-order valence-corrected chi connectivity index (χ3v) is 4.33. The summed E-state index contributed by atoms with van der Waals surface area (Å²) >= 11 is 0. The maximum absolute atomic E-state index is 12.3. The number of nitrogens with zero attached hydrogens (tertiary/aromatic N) is 2. The van der Waals surface area contributed by atoms with Gasteiger partial charge in [0, 0.05) is 25.4 Å². The standard InChI is InChI=1S/C20H36N2O6/c1-19(2,3)27-17(25)14-22(7,10-8-9-16(23)24)13-15-11-21(12-15)18(26)28-20(4,5)6/h15H,8-14H2,1-7H3/p+1. The Morgan fingerprint density at radius 1 is 1.04 bits per heavy atom. The quantitative estimate of drug-likeness (QED) is 0.496. The fraction of sp³-hybridized carbons (Fsp3) is 0.850. The first-order valence-electron chi connectivity index (χ1n) is 9.84. The van der Waals surface area contributed by atoms with Gasteiger partial charge in [0.1, 0.15) is 11.2 Å². The highest BCUT2D eigenvalue weighted by atomic mass is 16.6. The first kappa shape index (κ1) is 24.2. The van der Waals surface area contributed by atoms with Crippen molar-refractivity contribution in [2.24, 2.45) is 5.92 Å². The zero-order valence-electron chi connectivity index (χ0n) is 18.4. The number of aliphatic carboxylic acids is 1. The third-order valence-electron chi connectivity index (χ3n) is 4.33. The van der Waals surface area contributed by atoms with Crippen molar-refractivity contribution in [1.29, 1.82) is 0 Å². The van der Waals surface area contributed by atoms with Gasteiger partial charge in [-0.05, 0) is 41.5 Å². The minimum absolute atomic E-state index is 0.0663. The smallest absolute Gasteiger partial charge is 0.410 e. The van der Waals surface area contributed by atoms with E-state index < -0.39 is 17.2 Å². The molecule has 0 aromatic carbocycles. The topological polar surface area (TPSA) is 93.1 Å². The molecule has 0 saturated carbocycles. The number of quaternary nitrogens is 1. The van der Waals surface area contributed by atoms with E-state index in [1.807, 2.05) is 48.6 Å². The number of ether oxygens (including phenoxy) is 2. The lowest BCUT2D eigenvalue weighted by atomic mass is 9.98. The molecule has 0 aromatic heterocycles. The molecule has 1 unspecified atom stereocenters. The van der Waals surface area contributed by atoms with E-state index in [1.54, 1.807) is 4.90 Å². The van der Waals surface area contributed by atoms with Crippen molar-refractivity contribution in [1.82, 2.24) is 4.90 Å². The van der Waals surface area contributed by atoms with Crippen LogP contribution in [0.25, 0.3) is 0 Å². The van der Waals surface area contributed by atoms with Crippen LogP contribution in [0.5, 0.6) is 0 Å². The Bertz CT molecular complexity index is 572. The number of hydrogen-bond acceptors (Lipinski definition) is 5. The number of carboxylic acid groups (broad SMARTS) is 1. The molecular weight excluding hydrogens is 364 g/mol. The molecule has 0 aromatic rings. The summed E-state index contributed by atoms with van der Waals surface area (Å²) < 4.78 is 11.2. The highest BCUT2D eigenvalue weighted by molar-refractivity contribution is 5.71. The second-order valence-corrected chi connectivity index (χ2v) is 10.0. The molecule has 1 heterocycles. The van der Waals surface area contributed by atoms with Crippen LogP contribution in [0.2, 0.25) is 0 Å². The molecule has 8 nitrogen and oxygen atoms in total. The minimum atomic E-state index is -0.844. The summed E-state index contributed by atoms with van der Waals surface area (Å²) in [4.78, 5) is 37.0. The summed E-state index contributed by atoms with van der Waals surface area (Å²) in [5.74, 6) is -0.901. The minimum Gasteiger partial charge on any atom is -0.481 e. The molecule has 1 aliphatic heterocycles. The van der Waals surface area contributed by atoms with Gasteiger partial charge in [0.15, 0.2) is 6.54 Å². The van der Waals surface area contributed by atoms with E-state index in [-0.39, 0.29) is 30.9 Å². The van der Waals surface area contributed by atoms with Crippen molar-refractivity contribution in [2.45, 2.75) is 65.6 Å². The number of likely N-dealkylation sites (tertiary alicyclic amines) is 1. The van der Waals surface area contributed by atoms with E-state index in [0.29, 0.717) is 37.1 Å². The van der Waals surface area contributed by atoms with Gasteiger partial charge in [0.05, 0.1) is 26.6 Å². The van der Waals surface area contributed by atoms with Crippen LogP contribution in [-0.4, -0.2) is 83.5 Å². The molecule has 0 aliphatic carbocycles. The van der Waals surface area contributed by atoms with Gasteiger partial charge in [-0.2, -0.15) is 0 Å². The molecule has 0 spiro atoms. The number of carbonyl (C=O) groups is 3. The maximum atomic E-state index is 12.3. The third kappa shape index (κ3) is 9.39. The number of carbonyl (C=O) groups excluding carboxylic acids is 2. The molecule has 8 heteroatoms. The van der Waals surface area contributed by atoms with Crippen LogP contribution in [-0.2, 0) is 19.1 Å². The van der Waals surface area contributed by atoms with E-state index >= 15 is 0 Å². The van der Waals surface area contributed by atoms with Gasteiger partial charge < -0.3 is 24.0 Å². The molecule has 1 atom stereocenters. The van der Waals surface area contributed by atoms with E-state index in [0.717, 1.165) is 0 Å². The lowest BCUT2D eigenvalue weighted by Crippen LogP contribution is -2.60. The molecule has 1 saturated heterocycles. The van der Waals surface area contributed by atoms with E-state index in [2.05, 4.69) is 0 Å². The molecule has 28 heavy (non-hydrogen) atoms. The average Bonchev–Trinajstić information content (AvgIpc) is 2.37. The molecular formula is C20H37N2O6+. The highest BCUT2D eigenvalue weighted by Crippen LogP contribution is 2.23. The largest absolute Gasteiger partial charge is 0.481 e. The summed E-state index contributed by atoms with van der Waals surface area (Å²) in [7, 11) is 1.95. The lowest BCUT2D eigenvalue weighted by Gasteiger charge is -2.44. The van der Waals surface area contributed by atoms with Gasteiger partial charge in [-0.3, -0.25) is 4.79 Å². The molecule has 1 amide bonds. The van der Waals surface area contributed by atoms with Crippen molar-refractivity contribution in [2.75, 3.05) is 39.8 Å².